The molecule has 2 unspecified atom stereocenters. The van der Waals surface area contributed by atoms with Crippen molar-refractivity contribution in [1.82, 2.24) is 0 Å². The molecule has 2 aliphatic carbocycles. The maximum atomic E-state index is 7.11. The first-order valence-corrected chi connectivity index (χ1v) is 80.9. The van der Waals surface area contributed by atoms with Crippen molar-refractivity contribution in [3.8, 4) is 0 Å². The average molecular weight is 1980 g/mol. The summed E-state index contributed by atoms with van der Waals surface area (Å²) in [5.41, 5.74) is 58.2. The molecule has 2 aliphatic rings. The molecule has 0 bridgehead atoms. The second kappa shape index (κ2) is 63.5. The molecule has 24 heteroatoms. The van der Waals surface area contributed by atoms with E-state index in [4.69, 9.17) is 57.9 Å². The van der Waals surface area contributed by atoms with Gasteiger partial charge in [-0.1, -0.05) is 337 Å². The van der Waals surface area contributed by atoms with Gasteiger partial charge in [0.15, 0.2) is 14.8 Å². The third-order valence-corrected chi connectivity index (χ3v) is 75.9. The Bertz CT molecular complexity index is 3470. The number of hydrogen-bond acceptors (Lipinski definition) is 6. The van der Waals surface area contributed by atoms with Gasteiger partial charge in [0.2, 0.25) is 73.9 Å². The summed E-state index contributed by atoms with van der Waals surface area (Å²) in [5, 5.41) is 2.25. The molecular weight excluding hydrogens is 1810 g/mol. The van der Waals surface area contributed by atoms with E-state index in [1.807, 2.05) is 142 Å². The van der Waals surface area contributed by atoms with E-state index in [1.54, 1.807) is 62.7 Å². The molecule has 0 radical (unpaired) electrons. The topological polar surface area (TPSA) is 55.4 Å². The van der Waals surface area contributed by atoms with Gasteiger partial charge in [0.25, 0.3) is 33.3 Å². The number of rotatable bonds is 50. The smallest absolute Gasteiger partial charge is 0.262 e. The Morgan fingerprint density at radius 1 is 0.268 bits per heavy atom. The summed E-state index contributed by atoms with van der Waals surface area (Å²) in [6.07, 6.45) is 13.1. The van der Waals surface area contributed by atoms with Gasteiger partial charge in [0.1, 0.15) is 0 Å². The van der Waals surface area contributed by atoms with Crippen molar-refractivity contribution in [2.75, 3.05) is 0 Å². The lowest BCUT2D eigenvalue weighted by Crippen LogP contribution is -2.60. The van der Waals surface area contributed by atoms with E-state index in [1.165, 1.54) is 64.2 Å². The van der Waals surface area contributed by atoms with Crippen LogP contribution in [0, 0.1) is 0 Å². The molecule has 2 saturated carbocycles. The van der Waals surface area contributed by atoms with Gasteiger partial charge in [0.05, 0.1) is 0 Å². The Balaban J connectivity index is -0.000000438. The lowest BCUT2D eigenvalue weighted by molar-refractivity contribution is 0.419. The molecule has 6 nitrogen and oxygen atoms in total. The van der Waals surface area contributed by atoms with E-state index in [2.05, 4.69) is 298 Å². The summed E-state index contributed by atoms with van der Waals surface area (Å²) in [5.74, 6) is 0. The largest absolute Gasteiger partial charge is 0.449 e. The van der Waals surface area contributed by atoms with E-state index >= 15 is 0 Å². The Morgan fingerprint density at radius 3 is 0.699 bits per heavy atom. The molecule has 0 aromatic heterocycles. The van der Waals surface area contributed by atoms with Gasteiger partial charge in [-0.2, -0.15) is 33.2 Å². The predicted octanol–water partition coefficient (Wildman–Crippen LogP) is 30.6. The molecule has 0 N–H and O–H groups in total. The van der Waals surface area contributed by atoms with Crippen LogP contribution in [0.1, 0.15) is 91.9 Å². The van der Waals surface area contributed by atoms with Crippen molar-refractivity contribution in [3.63, 3.8) is 0 Å². The van der Waals surface area contributed by atoms with Crippen LogP contribution in [0.2, 0.25) is 81.1 Å². The molecule has 2 aromatic carbocycles. The molecular formula is C99H163Cl3O6Si15. The van der Waals surface area contributed by atoms with Gasteiger partial charge >= 0.3 is 0 Å². The first kappa shape index (κ1) is 126. The van der Waals surface area contributed by atoms with Crippen molar-refractivity contribution in [3.05, 3.63) is 429 Å². The first-order valence-electron chi connectivity index (χ1n) is 42.2. The van der Waals surface area contributed by atoms with Gasteiger partial charge in [-0.15, -0.1) is 197 Å². The number of halogens is 3. The Labute approximate surface area is 784 Å². The molecule has 123 heavy (non-hydrogen) atoms. The maximum absolute atomic E-state index is 7.11. The van der Waals surface area contributed by atoms with E-state index in [0.29, 0.717) is 11.1 Å². The zero-order valence-electron chi connectivity index (χ0n) is 78.4. The SMILES string of the molecule is C=C[Si](C)(C)Cl.C=C[Si](C)(C=C)O[Si](C)(C=C)C=C.C=C[Si](C)(CC)O[Si](C)(C=C)CC.C=C[Si](C)(Cl)C=C.C=C[Si](C=C)(C=C)O[Si](C=C)(C=C)C=C.C=C[Si](C=C)(CC)O[Si](C=C)(C=C)CC.C=C[Si](C=C)(O[Si](C=C)(C=C)C1CCCCC1)C1CCCCC1.C=C[Si](C=C)(O[Si](C=C)(C=C)c1ccccc1)c1ccccc1.C=C[Si](Cl)(C=C)C=C. The minimum atomic E-state index is -2.53. The highest BCUT2D eigenvalue weighted by Gasteiger charge is 2.49. The van der Waals surface area contributed by atoms with Gasteiger partial charge < -0.3 is 24.7 Å². The van der Waals surface area contributed by atoms with Crippen LogP contribution in [-0.4, -0.2) is 122 Å². The molecule has 4 rings (SSSR count). The third kappa shape index (κ3) is 43.0. The van der Waals surface area contributed by atoms with Crippen LogP contribution in [-0.2, 0) is 24.7 Å². The fraction of sp³-hybridized carbons (Fsp3) is 0.273. The van der Waals surface area contributed by atoms with E-state index in [0.717, 1.165) is 34.5 Å². The van der Waals surface area contributed by atoms with Crippen molar-refractivity contribution in [1.29, 1.82) is 0 Å². The minimum absolute atomic E-state index is 0.640. The molecule has 0 aliphatic heterocycles. The highest BCUT2D eigenvalue weighted by molar-refractivity contribution is 7.28. The van der Waals surface area contributed by atoms with Gasteiger partial charge in [-0.3, -0.25) is 0 Å². The molecule has 0 amide bonds. The average Bonchev–Trinajstić information content (AvgIpc) is 0.778. The zero-order valence-corrected chi connectivity index (χ0v) is 95.7. The Morgan fingerprint density at radius 2 is 0.537 bits per heavy atom. The fourth-order valence-corrected chi connectivity index (χ4v) is 53.5. The lowest BCUT2D eigenvalue weighted by Gasteiger charge is -2.45. The molecule has 2 atom stereocenters. The Kier molecular flexibility index (Phi) is 65.0. The van der Waals surface area contributed by atoms with Gasteiger partial charge in [-0.05, 0) is 78.4 Å². The van der Waals surface area contributed by atoms with E-state index in [-0.39, 0.29) is 0 Å². The summed E-state index contributed by atoms with van der Waals surface area (Å²) in [7, 11) is -29.9. The maximum Gasteiger partial charge on any atom is 0.262 e. The summed E-state index contributed by atoms with van der Waals surface area (Å²) in [4.78, 5) is 0. The van der Waals surface area contributed by atoms with Crippen LogP contribution in [0.15, 0.2) is 429 Å². The monoisotopic (exact) mass is 1970 g/mol. The van der Waals surface area contributed by atoms with Crippen LogP contribution in [0.3, 0.4) is 0 Å². The Hall–Kier alpha value is -5.48. The molecule has 2 fully saturated rings. The van der Waals surface area contributed by atoms with Crippen molar-refractivity contribution < 1.29 is 24.7 Å². The highest BCUT2D eigenvalue weighted by Crippen LogP contribution is 2.46. The van der Waals surface area contributed by atoms with Crippen LogP contribution in [0.25, 0.3) is 0 Å². The van der Waals surface area contributed by atoms with Crippen molar-refractivity contribution in [2.24, 2.45) is 0 Å². The van der Waals surface area contributed by atoms with Crippen LogP contribution in [0.5, 0.6) is 0 Å². The predicted molar refractivity (Wildman–Crippen MR) is 605 cm³/mol. The quantitative estimate of drug-likeness (QED) is 0.0486. The first-order chi connectivity index (χ1) is 57.7. The van der Waals surface area contributed by atoms with E-state index < -0.39 is 122 Å². The molecule has 0 spiro atoms. The molecule has 676 valence electrons. The second-order valence-corrected chi connectivity index (χ2v) is 92.0. The van der Waals surface area contributed by atoms with E-state index in [9.17, 15) is 0 Å². The van der Waals surface area contributed by atoms with Crippen LogP contribution >= 0.6 is 33.2 Å². The second-order valence-electron chi connectivity index (χ2n) is 31.0. The lowest BCUT2D eigenvalue weighted by atomic mass is 10.0. The standard InChI is InChI=1S/C20H34OSi2.C20H22OSi2.C12H22OSi2.C12H18OSi2.C10H22OSi2.C10H18OSi2.C6H9ClSi.C5H9ClSi.C4H9ClSi/c2*1-5-22(6-2,19-15-11-9-12-16-19)21-23(7-3,8-4)20-17-13-10-14-18-20;2*1-7-14(8-2,9-3)13-15(10-4,11-5)12-6;2*1-7-12(5,8-2)11-13(6,9-3)10-4;1-4-8(7,5-2)6-3;1-4-7(3,6)5-2;1-4-6(2,3)5/h5-8,19-20H,1-4,9-18H2;5-18H,1-4H2;7-8,10-11H,1-2,4-5,9,12H2,3,6H3;7-12H,1-6H2;7,9H,1,3,8,10H2,2,4-6H3;7-10H,1-4H2,5-6H3;4-6H,1-3H2;4-5H,1-2H2,3H3;4H,1H2,2-3H3. The molecule has 0 saturated heterocycles. The minimum Gasteiger partial charge on any atom is -0.449 e. The summed E-state index contributed by atoms with van der Waals surface area (Å²) in [6, 6.07) is 24.5. The van der Waals surface area contributed by atoms with Crippen LogP contribution < -0.4 is 10.4 Å². The number of benzene rings is 2. The van der Waals surface area contributed by atoms with Gasteiger partial charge in [0, 0.05) is 0 Å². The summed E-state index contributed by atoms with van der Waals surface area (Å²) in [6.45, 7) is 139. The van der Waals surface area contributed by atoms with Crippen LogP contribution in [0.4, 0.5) is 0 Å². The van der Waals surface area contributed by atoms with Gasteiger partial charge in [-0.25, -0.2) is 0 Å². The van der Waals surface area contributed by atoms with Crippen molar-refractivity contribution >= 4 is 166 Å². The normalized spacial score (nSPS) is 14.2. The number of hydrogen-bond donors (Lipinski definition) is 0. The highest BCUT2D eigenvalue weighted by atomic mass is 35.6. The molecule has 2 aromatic rings. The fourth-order valence-electron chi connectivity index (χ4n) is 11.8. The summed E-state index contributed by atoms with van der Waals surface area (Å²) >= 11 is 17.4. The third-order valence-electron chi connectivity index (χ3n) is 22.3. The summed E-state index contributed by atoms with van der Waals surface area (Å²) < 4.78 is 38.6. The van der Waals surface area contributed by atoms with Crippen molar-refractivity contribution in [2.45, 2.75) is 173 Å². The zero-order chi connectivity index (χ0) is 96.2. The molecule has 0 heterocycles.